The van der Waals surface area contributed by atoms with E-state index in [1.54, 1.807) is 12.1 Å². The molecule has 0 aliphatic carbocycles. The Bertz CT molecular complexity index is 577. The summed E-state index contributed by atoms with van der Waals surface area (Å²) in [6, 6.07) is 9.14. The van der Waals surface area contributed by atoms with Crippen LogP contribution in [0.3, 0.4) is 0 Å². The molecule has 0 unspecified atom stereocenters. The smallest absolute Gasteiger partial charge is 0.418 e. The van der Waals surface area contributed by atoms with E-state index < -0.39 is 13.2 Å². The Kier molecular flexibility index (Phi) is 9.03. The van der Waals surface area contributed by atoms with Gasteiger partial charge in [0.05, 0.1) is 24.1 Å². The lowest BCUT2D eigenvalue weighted by Gasteiger charge is -2.04. The number of carbonyl (C=O) groups excluding carboxylic acids is 1. The van der Waals surface area contributed by atoms with Crippen molar-refractivity contribution in [2.24, 2.45) is 5.16 Å². The van der Waals surface area contributed by atoms with Gasteiger partial charge in [-0.1, -0.05) is 17.3 Å². The van der Waals surface area contributed by atoms with Gasteiger partial charge in [0, 0.05) is 12.5 Å². The van der Waals surface area contributed by atoms with Crippen LogP contribution in [0.1, 0.15) is 18.1 Å². The molecule has 126 valence electrons. The largest absolute Gasteiger partial charge is 0.673 e. The molecule has 0 saturated heterocycles. The van der Waals surface area contributed by atoms with Crippen LogP contribution in [-0.2, 0) is 20.5 Å². The molecule has 10 heteroatoms. The van der Waals surface area contributed by atoms with Gasteiger partial charge >= 0.3 is 13.2 Å². The van der Waals surface area contributed by atoms with Crippen molar-refractivity contribution < 1.29 is 26.9 Å². The molecule has 0 N–H and O–H groups in total. The summed E-state index contributed by atoms with van der Waals surface area (Å²) in [6.45, 7) is 1.32. The molecule has 0 radical (unpaired) electrons. The lowest BCUT2D eigenvalue weighted by Crippen LogP contribution is -2.16. The molecule has 0 aromatic heterocycles. The van der Waals surface area contributed by atoms with E-state index in [9.17, 15) is 22.1 Å². The second-order valence-electron chi connectivity index (χ2n) is 4.43. The predicted molar refractivity (Wildman–Crippen MR) is 83.7 cm³/mol. The average molecular weight is 350 g/mol. The van der Waals surface area contributed by atoms with Gasteiger partial charge in [-0.05, 0) is 23.0 Å². The van der Waals surface area contributed by atoms with Crippen molar-refractivity contribution in [3.63, 3.8) is 0 Å². The summed E-state index contributed by atoms with van der Waals surface area (Å²) in [5.41, 5.74) is 2.19. The van der Waals surface area contributed by atoms with Gasteiger partial charge in [0.2, 0.25) is 0 Å². The van der Waals surface area contributed by atoms with Crippen LogP contribution in [-0.4, -0.2) is 37.2 Å². The molecule has 0 heterocycles. The van der Waals surface area contributed by atoms with Crippen LogP contribution in [0, 0.1) is 11.3 Å². The summed E-state index contributed by atoms with van der Waals surface area (Å²) >= 11 is 0. The molecule has 0 bridgehead atoms. The third-order valence-electron chi connectivity index (χ3n) is 2.06. The first-order valence-corrected chi connectivity index (χ1v) is 8.40. The average Bonchev–Trinajstić information content (AvgIpc) is 2.41. The normalized spacial score (nSPS) is 11.3. The number of hydrogen-bond acceptors (Lipinski definition) is 4. The van der Waals surface area contributed by atoms with Gasteiger partial charge in [-0.15, -0.1) is 0 Å². The number of rotatable bonds is 4. The van der Waals surface area contributed by atoms with Crippen LogP contribution in [0.15, 0.2) is 29.4 Å². The maximum Gasteiger partial charge on any atom is 0.673 e. The van der Waals surface area contributed by atoms with Crippen molar-refractivity contribution in [1.82, 2.24) is 0 Å². The van der Waals surface area contributed by atoms with E-state index in [2.05, 4.69) is 23.7 Å². The standard InChI is InChI=1S/C13H15N2O2S.BF4/c1-10(16)17-15-13(9-18(2)3)12-6-4-11(8-14)5-7-12;2-1(3,4)5/h4-7H,9H2,1-3H3;/q+1;-1. The number of nitriles is 1. The molecular weight excluding hydrogens is 335 g/mol. The maximum atomic E-state index is 10.8. The summed E-state index contributed by atoms with van der Waals surface area (Å²) < 4.78 is 39.0. The highest BCUT2D eigenvalue weighted by molar-refractivity contribution is 7.96. The Morgan fingerprint density at radius 3 is 2.09 bits per heavy atom. The summed E-state index contributed by atoms with van der Waals surface area (Å²) in [4.78, 5) is 15.5. The van der Waals surface area contributed by atoms with Gasteiger partial charge in [-0.25, -0.2) is 4.79 Å². The summed E-state index contributed by atoms with van der Waals surface area (Å²) in [5, 5.41) is 12.6. The molecule has 1 rings (SSSR count). The fraction of sp³-hybridized carbons (Fsp3) is 0.308. The molecule has 0 spiro atoms. The van der Waals surface area contributed by atoms with E-state index in [-0.39, 0.29) is 10.9 Å². The first-order valence-electron chi connectivity index (χ1n) is 6.19. The van der Waals surface area contributed by atoms with Crippen LogP contribution in [0.4, 0.5) is 17.3 Å². The van der Waals surface area contributed by atoms with E-state index >= 15 is 0 Å². The van der Waals surface area contributed by atoms with E-state index in [1.165, 1.54) is 6.92 Å². The molecular formula is C13H15BF4N2O2S. The van der Waals surface area contributed by atoms with Crippen molar-refractivity contribution in [2.45, 2.75) is 6.92 Å². The molecule has 0 aliphatic rings. The second kappa shape index (κ2) is 9.89. The predicted octanol–water partition coefficient (Wildman–Crippen LogP) is 3.00. The molecule has 1 aromatic carbocycles. The van der Waals surface area contributed by atoms with Crippen molar-refractivity contribution in [2.75, 3.05) is 18.3 Å². The molecule has 0 aliphatic heterocycles. The maximum absolute atomic E-state index is 10.8. The molecule has 0 saturated carbocycles. The summed E-state index contributed by atoms with van der Waals surface area (Å²) in [6.07, 6.45) is 4.18. The third kappa shape index (κ3) is 12.2. The highest BCUT2D eigenvalue weighted by atomic mass is 32.2. The van der Waals surface area contributed by atoms with Crippen LogP contribution in [0.5, 0.6) is 0 Å². The lowest BCUT2D eigenvalue weighted by molar-refractivity contribution is -0.140. The summed E-state index contributed by atoms with van der Waals surface area (Å²) in [5.74, 6) is 0.298. The number of oxime groups is 1. The highest BCUT2D eigenvalue weighted by Gasteiger charge is 2.20. The van der Waals surface area contributed by atoms with E-state index in [0.29, 0.717) is 5.56 Å². The zero-order chi connectivity index (χ0) is 18.0. The van der Waals surface area contributed by atoms with E-state index in [1.807, 2.05) is 12.1 Å². The van der Waals surface area contributed by atoms with Gasteiger partial charge in [0.25, 0.3) is 0 Å². The van der Waals surface area contributed by atoms with Gasteiger partial charge in [0.1, 0.15) is 5.71 Å². The minimum Gasteiger partial charge on any atom is -0.418 e. The number of carbonyl (C=O) groups is 1. The van der Waals surface area contributed by atoms with Gasteiger partial charge < -0.3 is 22.1 Å². The van der Waals surface area contributed by atoms with E-state index in [4.69, 9.17) is 10.1 Å². The molecule has 23 heavy (non-hydrogen) atoms. The van der Waals surface area contributed by atoms with Crippen molar-refractivity contribution in [3.8, 4) is 6.07 Å². The monoisotopic (exact) mass is 350 g/mol. The number of nitrogens with zero attached hydrogens (tertiary/aromatic N) is 2. The van der Waals surface area contributed by atoms with Crippen LogP contribution in [0.2, 0.25) is 0 Å². The number of hydrogen-bond donors (Lipinski definition) is 0. The molecule has 4 nitrogen and oxygen atoms in total. The Morgan fingerprint density at radius 1 is 1.26 bits per heavy atom. The SMILES string of the molecule is CC(=O)ON=C(C[S+](C)C)c1ccc(C#N)cc1.F[B-](F)(F)F. The zero-order valence-electron chi connectivity index (χ0n) is 12.7. The van der Waals surface area contributed by atoms with Crippen molar-refractivity contribution in [3.05, 3.63) is 35.4 Å². The molecule has 0 atom stereocenters. The molecule has 0 fully saturated rings. The van der Waals surface area contributed by atoms with Crippen LogP contribution < -0.4 is 0 Å². The Balaban J connectivity index is 0.000000841. The Morgan fingerprint density at radius 2 is 1.74 bits per heavy atom. The van der Waals surface area contributed by atoms with E-state index in [0.717, 1.165) is 17.0 Å². The van der Waals surface area contributed by atoms with Crippen molar-refractivity contribution >= 4 is 29.8 Å². The Hall–Kier alpha value is -2.02. The third-order valence-corrected chi connectivity index (χ3v) is 2.91. The number of halogens is 4. The first-order chi connectivity index (χ1) is 10.5. The van der Waals surface area contributed by atoms with Crippen LogP contribution >= 0.6 is 0 Å². The van der Waals surface area contributed by atoms with Gasteiger partial charge in [-0.3, -0.25) is 0 Å². The number of benzene rings is 1. The minimum absolute atomic E-state index is 0.145. The lowest BCUT2D eigenvalue weighted by atomic mass is 10.1. The van der Waals surface area contributed by atoms with Crippen molar-refractivity contribution in [1.29, 1.82) is 5.26 Å². The quantitative estimate of drug-likeness (QED) is 0.209. The van der Waals surface area contributed by atoms with Gasteiger partial charge in [0.15, 0.2) is 5.75 Å². The fourth-order valence-corrected chi connectivity index (χ4v) is 2.06. The highest BCUT2D eigenvalue weighted by Crippen LogP contribution is 2.08. The molecule has 0 amide bonds. The molecule has 1 aromatic rings. The zero-order valence-corrected chi connectivity index (χ0v) is 13.5. The Labute approximate surface area is 134 Å². The first kappa shape index (κ1) is 21.0. The fourth-order valence-electron chi connectivity index (χ4n) is 1.29. The second-order valence-corrected chi connectivity index (χ2v) is 6.69. The van der Waals surface area contributed by atoms with Crippen LogP contribution in [0.25, 0.3) is 0 Å². The topological polar surface area (TPSA) is 62.4 Å². The minimum atomic E-state index is -6.00. The van der Waals surface area contributed by atoms with Gasteiger partial charge in [-0.2, -0.15) is 5.26 Å². The summed E-state index contributed by atoms with van der Waals surface area (Å²) in [7, 11) is -5.86.